The number of nitrogen functional groups attached to an aromatic ring is 1. The van der Waals surface area contributed by atoms with Crippen molar-refractivity contribution >= 4 is 5.69 Å². The molecule has 0 aliphatic carbocycles. The molecule has 0 saturated heterocycles. The molecule has 14 heavy (non-hydrogen) atoms. The van der Waals surface area contributed by atoms with E-state index in [2.05, 4.69) is 31.6 Å². The molecule has 0 fully saturated rings. The van der Waals surface area contributed by atoms with Crippen LogP contribution >= 0.6 is 0 Å². The first-order valence-corrected chi connectivity index (χ1v) is 4.78. The summed E-state index contributed by atoms with van der Waals surface area (Å²) < 4.78 is 0. The Morgan fingerprint density at radius 3 is 2.57 bits per heavy atom. The average molecular weight is 190 g/mol. The summed E-state index contributed by atoms with van der Waals surface area (Å²) in [5.41, 5.74) is 7.96. The van der Waals surface area contributed by atoms with Gasteiger partial charge >= 0.3 is 0 Å². The molecule has 76 valence electrons. The lowest BCUT2D eigenvalue weighted by Crippen LogP contribution is -2.20. The van der Waals surface area contributed by atoms with E-state index in [1.807, 2.05) is 24.3 Å². The summed E-state index contributed by atoms with van der Waals surface area (Å²) in [4.78, 5) is 2.16. The van der Waals surface area contributed by atoms with E-state index in [4.69, 9.17) is 5.73 Å². The number of anilines is 1. The summed E-state index contributed by atoms with van der Waals surface area (Å²) in [7, 11) is 4.11. The third-order valence-electron chi connectivity index (χ3n) is 2.37. The van der Waals surface area contributed by atoms with Gasteiger partial charge in [0.2, 0.25) is 0 Å². The predicted octanol–water partition coefficient (Wildman–Crippen LogP) is 2.45. The maximum Gasteiger partial charge on any atom is 0.0396 e. The molecule has 0 saturated carbocycles. The van der Waals surface area contributed by atoms with E-state index >= 15 is 0 Å². The third kappa shape index (κ3) is 2.36. The molecule has 0 amide bonds. The highest BCUT2D eigenvalue weighted by Crippen LogP contribution is 2.26. The number of hydrogen-bond donors (Lipinski definition) is 1. The smallest absolute Gasteiger partial charge is 0.0396 e. The van der Waals surface area contributed by atoms with Crippen molar-refractivity contribution < 1.29 is 0 Å². The van der Waals surface area contributed by atoms with Crippen LogP contribution in [0.1, 0.15) is 18.0 Å². The number of rotatable bonds is 4. The molecule has 2 N–H and O–H groups in total. The summed E-state index contributed by atoms with van der Waals surface area (Å²) in [5.74, 6) is 0. The lowest BCUT2D eigenvalue weighted by molar-refractivity contribution is 0.302. The third-order valence-corrected chi connectivity index (χ3v) is 2.37. The Morgan fingerprint density at radius 2 is 2.07 bits per heavy atom. The quantitative estimate of drug-likeness (QED) is 0.583. The van der Waals surface area contributed by atoms with Gasteiger partial charge in [-0.25, -0.2) is 0 Å². The summed E-state index contributed by atoms with van der Waals surface area (Å²) in [5, 5.41) is 0. The SMILES string of the molecule is C=CCC(c1ccccc1N)N(C)C. The zero-order valence-corrected chi connectivity index (χ0v) is 8.90. The van der Waals surface area contributed by atoms with E-state index in [1.165, 1.54) is 5.56 Å². The van der Waals surface area contributed by atoms with E-state index in [1.54, 1.807) is 0 Å². The van der Waals surface area contributed by atoms with Crippen molar-refractivity contribution in [1.82, 2.24) is 4.90 Å². The van der Waals surface area contributed by atoms with Gasteiger partial charge in [0.15, 0.2) is 0 Å². The van der Waals surface area contributed by atoms with E-state index in [9.17, 15) is 0 Å². The molecule has 1 unspecified atom stereocenters. The summed E-state index contributed by atoms with van der Waals surface area (Å²) in [6, 6.07) is 8.32. The molecule has 0 aliphatic heterocycles. The van der Waals surface area contributed by atoms with Gasteiger partial charge in [-0.05, 0) is 32.1 Å². The maximum atomic E-state index is 5.93. The van der Waals surface area contributed by atoms with Crippen LogP contribution in [0.3, 0.4) is 0 Å². The monoisotopic (exact) mass is 190 g/mol. The number of benzene rings is 1. The second kappa shape index (κ2) is 4.82. The first-order valence-electron chi connectivity index (χ1n) is 4.78. The Kier molecular flexibility index (Phi) is 3.72. The van der Waals surface area contributed by atoms with Gasteiger partial charge in [-0.15, -0.1) is 6.58 Å². The van der Waals surface area contributed by atoms with Gasteiger partial charge in [-0.3, -0.25) is 0 Å². The molecule has 2 nitrogen and oxygen atoms in total. The highest BCUT2D eigenvalue weighted by Gasteiger charge is 2.13. The Morgan fingerprint density at radius 1 is 1.43 bits per heavy atom. The van der Waals surface area contributed by atoms with Gasteiger partial charge in [-0.1, -0.05) is 24.3 Å². The summed E-state index contributed by atoms with van der Waals surface area (Å²) in [6.07, 6.45) is 2.85. The van der Waals surface area contributed by atoms with Gasteiger partial charge in [-0.2, -0.15) is 0 Å². The number of nitrogens with zero attached hydrogens (tertiary/aromatic N) is 1. The minimum atomic E-state index is 0.327. The molecule has 1 atom stereocenters. The first-order chi connectivity index (χ1) is 6.66. The zero-order valence-electron chi connectivity index (χ0n) is 8.90. The molecule has 0 aliphatic rings. The van der Waals surface area contributed by atoms with Crippen LogP contribution in [0.15, 0.2) is 36.9 Å². The predicted molar refractivity (Wildman–Crippen MR) is 62.1 cm³/mol. The lowest BCUT2D eigenvalue weighted by atomic mass is 10.0. The van der Waals surface area contributed by atoms with Crippen LogP contribution in [0.2, 0.25) is 0 Å². The molecule has 0 bridgehead atoms. The minimum Gasteiger partial charge on any atom is -0.398 e. The van der Waals surface area contributed by atoms with Crippen LogP contribution in [-0.4, -0.2) is 19.0 Å². The fourth-order valence-corrected chi connectivity index (χ4v) is 1.59. The van der Waals surface area contributed by atoms with Crippen molar-refractivity contribution in [2.45, 2.75) is 12.5 Å². The van der Waals surface area contributed by atoms with Gasteiger partial charge in [0.1, 0.15) is 0 Å². The van der Waals surface area contributed by atoms with E-state index in [-0.39, 0.29) is 0 Å². The average Bonchev–Trinajstić information content (AvgIpc) is 2.15. The molecule has 1 aromatic rings. The summed E-state index contributed by atoms with van der Waals surface area (Å²) in [6.45, 7) is 3.77. The number of hydrogen-bond acceptors (Lipinski definition) is 2. The van der Waals surface area contributed by atoms with Crippen molar-refractivity contribution in [3.63, 3.8) is 0 Å². The van der Waals surface area contributed by atoms with E-state index < -0.39 is 0 Å². The largest absolute Gasteiger partial charge is 0.398 e. The van der Waals surface area contributed by atoms with Gasteiger partial charge < -0.3 is 10.6 Å². The fraction of sp³-hybridized carbons (Fsp3) is 0.333. The van der Waals surface area contributed by atoms with Crippen LogP contribution < -0.4 is 5.73 Å². The van der Waals surface area contributed by atoms with Crippen molar-refractivity contribution in [1.29, 1.82) is 0 Å². The molecule has 1 rings (SSSR count). The Hall–Kier alpha value is -1.28. The first kappa shape index (κ1) is 10.8. The molecule has 0 radical (unpaired) electrons. The van der Waals surface area contributed by atoms with Crippen LogP contribution in [0.4, 0.5) is 5.69 Å². The van der Waals surface area contributed by atoms with Crippen LogP contribution in [0.5, 0.6) is 0 Å². The minimum absolute atomic E-state index is 0.327. The highest BCUT2D eigenvalue weighted by molar-refractivity contribution is 5.48. The standard InChI is InChI=1S/C12H18N2/c1-4-7-12(14(2)3)10-8-5-6-9-11(10)13/h4-6,8-9,12H,1,7,13H2,2-3H3. The second-order valence-corrected chi connectivity index (χ2v) is 3.63. The number of nitrogens with two attached hydrogens (primary N) is 1. The Bertz CT molecular complexity index is 305. The second-order valence-electron chi connectivity index (χ2n) is 3.63. The molecule has 0 aromatic heterocycles. The van der Waals surface area contributed by atoms with Crippen molar-refractivity contribution in [3.05, 3.63) is 42.5 Å². The lowest BCUT2D eigenvalue weighted by Gasteiger charge is -2.24. The molecular formula is C12H18N2. The van der Waals surface area contributed by atoms with E-state index in [0.29, 0.717) is 6.04 Å². The number of para-hydroxylation sites is 1. The summed E-state index contributed by atoms with van der Waals surface area (Å²) >= 11 is 0. The van der Waals surface area contributed by atoms with Gasteiger partial charge in [0, 0.05) is 11.7 Å². The van der Waals surface area contributed by atoms with Gasteiger partial charge in [0.05, 0.1) is 0 Å². The van der Waals surface area contributed by atoms with Crippen molar-refractivity contribution in [2.24, 2.45) is 0 Å². The zero-order chi connectivity index (χ0) is 10.6. The van der Waals surface area contributed by atoms with Crippen LogP contribution in [0.25, 0.3) is 0 Å². The topological polar surface area (TPSA) is 29.3 Å². The van der Waals surface area contributed by atoms with Gasteiger partial charge in [0.25, 0.3) is 0 Å². The van der Waals surface area contributed by atoms with Crippen molar-refractivity contribution in [3.8, 4) is 0 Å². The molecule has 0 spiro atoms. The highest BCUT2D eigenvalue weighted by atomic mass is 15.1. The fourth-order valence-electron chi connectivity index (χ4n) is 1.59. The van der Waals surface area contributed by atoms with Crippen LogP contribution in [-0.2, 0) is 0 Å². The molecule has 1 aromatic carbocycles. The Balaban J connectivity index is 2.98. The Labute approximate surface area is 86.0 Å². The molecule has 0 heterocycles. The molecule has 2 heteroatoms. The normalized spacial score (nSPS) is 12.8. The van der Waals surface area contributed by atoms with Crippen LogP contribution in [0, 0.1) is 0 Å². The maximum absolute atomic E-state index is 5.93. The van der Waals surface area contributed by atoms with E-state index in [0.717, 1.165) is 12.1 Å². The van der Waals surface area contributed by atoms with Crippen molar-refractivity contribution in [2.75, 3.05) is 19.8 Å². The molecular weight excluding hydrogens is 172 g/mol.